The standard InChI is InChI=1S/C22H38O3/c1-7-23-21(18(5)14-16(2)3)11-9-17(4)8-10-20-15-22(12-13-24-20)19(6)25-22/h8-10,16,18-21H,7,11-15H2,1-6H3/b10-8+,17-9+/t18-,19?,20+,21-,22-/m0/s1. The second-order valence-corrected chi connectivity index (χ2v) is 8.33. The summed E-state index contributed by atoms with van der Waals surface area (Å²) >= 11 is 0. The summed E-state index contributed by atoms with van der Waals surface area (Å²) < 4.78 is 17.7. The molecule has 0 saturated carbocycles. The number of rotatable bonds is 9. The minimum atomic E-state index is 0.108. The summed E-state index contributed by atoms with van der Waals surface area (Å²) in [5.74, 6) is 1.30. The van der Waals surface area contributed by atoms with Crippen molar-refractivity contribution in [3.63, 3.8) is 0 Å². The predicted molar refractivity (Wildman–Crippen MR) is 104 cm³/mol. The van der Waals surface area contributed by atoms with Gasteiger partial charge in [0.05, 0.1) is 30.5 Å². The van der Waals surface area contributed by atoms with Crippen LogP contribution in [0.1, 0.15) is 67.2 Å². The minimum absolute atomic E-state index is 0.108. The van der Waals surface area contributed by atoms with E-state index in [1.807, 2.05) is 0 Å². The van der Waals surface area contributed by atoms with Gasteiger partial charge in [0, 0.05) is 19.4 Å². The van der Waals surface area contributed by atoms with E-state index < -0.39 is 0 Å². The van der Waals surface area contributed by atoms with Gasteiger partial charge in [0.15, 0.2) is 0 Å². The van der Waals surface area contributed by atoms with Crippen molar-refractivity contribution < 1.29 is 14.2 Å². The molecule has 2 fully saturated rings. The van der Waals surface area contributed by atoms with Crippen LogP contribution in [0.4, 0.5) is 0 Å². The smallest absolute Gasteiger partial charge is 0.0995 e. The molecule has 0 aromatic rings. The number of ether oxygens (including phenoxy) is 3. The third kappa shape index (κ3) is 6.23. The van der Waals surface area contributed by atoms with Crippen LogP contribution in [0.15, 0.2) is 23.8 Å². The van der Waals surface area contributed by atoms with Crippen LogP contribution in [0.25, 0.3) is 0 Å². The van der Waals surface area contributed by atoms with Gasteiger partial charge in [-0.05, 0) is 45.4 Å². The number of allylic oxidation sites excluding steroid dienone is 2. The van der Waals surface area contributed by atoms with E-state index in [1.54, 1.807) is 0 Å². The quantitative estimate of drug-likeness (QED) is 0.417. The van der Waals surface area contributed by atoms with Gasteiger partial charge in [-0.1, -0.05) is 44.6 Å². The molecule has 3 nitrogen and oxygen atoms in total. The molecular formula is C22H38O3. The molecule has 0 aliphatic carbocycles. The molecule has 2 rings (SSSR count). The first kappa shape index (κ1) is 20.7. The molecule has 5 atom stereocenters. The van der Waals surface area contributed by atoms with E-state index in [9.17, 15) is 0 Å². The van der Waals surface area contributed by atoms with E-state index in [0.717, 1.165) is 32.5 Å². The lowest BCUT2D eigenvalue weighted by molar-refractivity contribution is 0.00664. The molecule has 0 N–H and O–H groups in total. The highest BCUT2D eigenvalue weighted by Gasteiger charge is 2.55. The Bertz CT molecular complexity index is 468. The maximum absolute atomic E-state index is 5.99. The van der Waals surface area contributed by atoms with Gasteiger partial charge in [-0.3, -0.25) is 0 Å². The summed E-state index contributed by atoms with van der Waals surface area (Å²) in [5, 5.41) is 0. The summed E-state index contributed by atoms with van der Waals surface area (Å²) in [5.41, 5.74) is 1.39. The molecule has 3 heteroatoms. The zero-order valence-corrected chi connectivity index (χ0v) is 17.1. The summed E-state index contributed by atoms with van der Waals surface area (Å²) in [7, 11) is 0. The van der Waals surface area contributed by atoms with Crippen LogP contribution < -0.4 is 0 Å². The van der Waals surface area contributed by atoms with Crippen molar-refractivity contribution >= 4 is 0 Å². The van der Waals surface area contributed by atoms with Gasteiger partial charge in [-0.2, -0.15) is 0 Å². The fraction of sp³-hybridized carbons (Fsp3) is 0.818. The third-order valence-electron chi connectivity index (χ3n) is 5.60. The van der Waals surface area contributed by atoms with Gasteiger partial charge in [0.2, 0.25) is 0 Å². The van der Waals surface area contributed by atoms with E-state index in [2.05, 4.69) is 59.8 Å². The maximum atomic E-state index is 5.99. The summed E-state index contributed by atoms with van der Waals surface area (Å²) in [6, 6.07) is 0. The minimum Gasteiger partial charge on any atom is -0.378 e. The normalized spacial score (nSPS) is 32.5. The molecule has 1 unspecified atom stereocenters. The van der Waals surface area contributed by atoms with Crippen LogP contribution in [0.2, 0.25) is 0 Å². The molecule has 2 saturated heterocycles. The van der Waals surface area contributed by atoms with Crippen LogP contribution in [0.3, 0.4) is 0 Å². The number of hydrogen-bond donors (Lipinski definition) is 0. The predicted octanol–water partition coefficient (Wildman–Crippen LogP) is 5.30. The first-order valence-electron chi connectivity index (χ1n) is 10.1. The lowest BCUT2D eigenvalue weighted by atomic mass is 9.91. The molecule has 2 aliphatic rings. The van der Waals surface area contributed by atoms with Gasteiger partial charge in [0.1, 0.15) is 0 Å². The van der Waals surface area contributed by atoms with Crippen LogP contribution in [0.5, 0.6) is 0 Å². The zero-order chi connectivity index (χ0) is 18.4. The lowest BCUT2D eigenvalue weighted by Gasteiger charge is -2.26. The Hall–Kier alpha value is -0.640. The number of hydrogen-bond acceptors (Lipinski definition) is 3. The molecule has 0 bridgehead atoms. The van der Waals surface area contributed by atoms with Gasteiger partial charge >= 0.3 is 0 Å². The second kappa shape index (κ2) is 9.34. The van der Waals surface area contributed by atoms with Crippen LogP contribution >= 0.6 is 0 Å². The first-order chi connectivity index (χ1) is 11.9. The molecule has 2 aliphatic heterocycles. The Kier molecular flexibility index (Phi) is 7.72. The highest BCUT2D eigenvalue weighted by Crippen LogP contribution is 2.46. The molecule has 2 heterocycles. The molecule has 0 aromatic heterocycles. The Balaban J connectivity index is 1.84. The van der Waals surface area contributed by atoms with Crippen molar-refractivity contribution in [1.82, 2.24) is 0 Å². The van der Waals surface area contributed by atoms with Crippen molar-refractivity contribution in [2.75, 3.05) is 13.2 Å². The molecule has 1 spiro atoms. The van der Waals surface area contributed by atoms with Crippen molar-refractivity contribution in [3.05, 3.63) is 23.8 Å². The van der Waals surface area contributed by atoms with Gasteiger partial charge < -0.3 is 14.2 Å². The average molecular weight is 351 g/mol. The average Bonchev–Trinajstić information content (AvgIpc) is 3.16. The molecular weight excluding hydrogens is 312 g/mol. The van der Waals surface area contributed by atoms with E-state index in [-0.39, 0.29) is 11.7 Å². The van der Waals surface area contributed by atoms with Gasteiger partial charge in [-0.25, -0.2) is 0 Å². The Morgan fingerprint density at radius 1 is 1.32 bits per heavy atom. The molecule has 144 valence electrons. The third-order valence-corrected chi connectivity index (χ3v) is 5.60. The fourth-order valence-electron chi connectivity index (χ4n) is 4.01. The van der Waals surface area contributed by atoms with Gasteiger partial charge in [-0.15, -0.1) is 0 Å². The van der Waals surface area contributed by atoms with E-state index in [0.29, 0.717) is 24.0 Å². The molecule has 25 heavy (non-hydrogen) atoms. The maximum Gasteiger partial charge on any atom is 0.0995 e. The topological polar surface area (TPSA) is 31.0 Å². The van der Waals surface area contributed by atoms with E-state index in [4.69, 9.17) is 14.2 Å². The second-order valence-electron chi connectivity index (χ2n) is 8.33. The molecule has 0 amide bonds. The molecule has 0 radical (unpaired) electrons. The lowest BCUT2D eigenvalue weighted by Crippen LogP contribution is -2.31. The SMILES string of the molecule is CCO[C@@H](C/C=C(C)/C=C/[C@@H]1C[C@]2(CCO1)OC2C)[C@@H](C)CC(C)C. The summed E-state index contributed by atoms with van der Waals surface area (Å²) in [6.45, 7) is 14.9. The summed E-state index contributed by atoms with van der Waals surface area (Å²) in [4.78, 5) is 0. The van der Waals surface area contributed by atoms with E-state index in [1.165, 1.54) is 12.0 Å². The van der Waals surface area contributed by atoms with Crippen molar-refractivity contribution in [1.29, 1.82) is 0 Å². The first-order valence-corrected chi connectivity index (χ1v) is 10.1. The number of epoxide rings is 1. The van der Waals surface area contributed by atoms with Crippen molar-refractivity contribution in [3.8, 4) is 0 Å². The van der Waals surface area contributed by atoms with Crippen LogP contribution in [-0.4, -0.2) is 37.1 Å². The van der Waals surface area contributed by atoms with Gasteiger partial charge in [0.25, 0.3) is 0 Å². The Morgan fingerprint density at radius 2 is 2.04 bits per heavy atom. The van der Waals surface area contributed by atoms with Crippen LogP contribution in [-0.2, 0) is 14.2 Å². The summed E-state index contributed by atoms with van der Waals surface area (Å²) in [6.07, 6.45) is 11.8. The highest BCUT2D eigenvalue weighted by atomic mass is 16.6. The van der Waals surface area contributed by atoms with E-state index >= 15 is 0 Å². The zero-order valence-electron chi connectivity index (χ0n) is 17.1. The molecule has 0 aromatic carbocycles. The monoisotopic (exact) mass is 350 g/mol. The Morgan fingerprint density at radius 3 is 2.64 bits per heavy atom. The highest BCUT2D eigenvalue weighted by molar-refractivity contribution is 5.19. The van der Waals surface area contributed by atoms with Crippen molar-refractivity contribution in [2.45, 2.75) is 91.1 Å². The fourth-order valence-corrected chi connectivity index (χ4v) is 4.01. The van der Waals surface area contributed by atoms with Crippen LogP contribution in [0, 0.1) is 11.8 Å². The van der Waals surface area contributed by atoms with Crippen molar-refractivity contribution in [2.24, 2.45) is 11.8 Å². The largest absolute Gasteiger partial charge is 0.378 e. The Labute approximate surface area is 154 Å².